The molecule has 2 heterocycles. The van der Waals surface area contributed by atoms with Crippen LogP contribution in [-0.4, -0.2) is 27.6 Å². The second kappa shape index (κ2) is 3.39. The quantitative estimate of drug-likeness (QED) is 0.732. The molecule has 0 fully saturated rings. The molecule has 0 aliphatic carbocycles. The van der Waals surface area contributed by atoms with Crippen molar-refractivity contribution in [3.63, 3.8) is 0 Å². The van der Waals surface area contributed by atoms with Gasteiger partial charge in [-0.25, -0.2) is 9.50 Å². The minimum atomic E-state index is -0.322. The fraction of sp³-hybridized carbons (Fsp3) is 0.125. The third-order valence-electron chi connectivity index (χ3n) is 1.92. The van der Waals surface area contributed by atoms with Gasteiger partial charge in [-0.15, -0.1) is 5.10 Å². The molecule has 6 nitrogen and oxygen atoms in total. The third kappa shape index (κ3) is 1.48. The standard InChI is InChI=1S/C8H8ClN5O/c1-11-8(15)5-6(10)13-14-3-4(9)2-12-7(5)14/h2-3H,1H3,(H2,10,13)(H,11,15). The van der Waals surface area contributed by atoms with E-state index >= 15 is 0 Å². The molecular weight excluding hydrogens is 218 g/mol. The number of nitrogens with one attached hydrogen (secondary N) is 1. The number of halogens is 1. The molecule has 0 radical (unpaired) electrons. The van der Waals surface area contributed by atoms with E-state index < -0.39 is 0 Å². The van der Waals surface area contributed by atoms with Gasteiger partial charge in [-0.2, -0.15) is 0 Å². The van der Waals surface area contributed by atoms with E-state index in [9.17, 15) is 4.79 Å². The largest absolute Gasteiger partial charge is 0.381 e. The van der Waals surface area contributed by atoms with Crippen molar-refractivity contribution in [2.75, 3.05) is 12.8 Å². The lowest BCUT2D eigenvalue weighted by Crippen LogP contribution is -2.19. The van der Waals surface area contributed by atoms with Crippen LogP contribution in [0.15, 0.2) is 12.4 Å². The van der Waals surface area contributed by atoms with E-state index in [0.717, 1.165) is 0 Å². The lowest BCUT2D eigenvalue weighted by Gasteiger charge is -1.97. The zero-order chi connectivity index (χ0) is 11.0. The van der Waals surface area contributed by atoms with E-state index in [-0.39, 0.29) is 17.3 Å². The van der Waals surface area contributed by atoms with Crippen molar-refractivity contribution in [2.45, 2.75) is 0 Å². The summed E-state index contributed by atoms with van der Waals surface area (Å²) in [5, 5.41) is 6.82. The molecule has 3 N–H and O–H groups in total. The molecule has 0 saturated carbocycles. The van der Waals surface area contributed by atoms with Crippen molar-refractivity contribution in [2.24, 2.45) is 0 Å². The van der Waals surface area contributed by atoms with Gasteiger partial charge in [0.2, 0.25) is 0 Å². The maximum absolute atomic E-state index is 11.5. The number of rotatable bonds is 1. The van der Waals surface area contributed by atoms with Crippen LogP contribution < -0.4 is 11.1 Å². The number of amides is 1. The predicted octanol–water partition coefficient (Wildman–Crippen LogP) is 0.324. The summed E-state index contributed by atoms with van der Waals surface area (Å²) >= 11 is 5.73. The number of hydrogen-bond acceptors (Lipinski definition) is 4. The molecule has 7 heteroatoms. The Bertz CT molecular complexity index is 535. The molecular formula is C8H8ClN5O. The van der Waals surface area contributed by atoms with E-state index in [4.69, 9.17) is 17.3 Å². The van der Waals surface area contributed by atoms with E-state index in [2.05, 4.69) is 15.4 Å². The highest BCUT2D eigenvalue weighted by Gasteiger charge is 2.17. The van der Waals surface area contributed by atoms with Crippen LogP contribution in [-0.2, 0) is 0 Å². The first-order valence-corrected chi connectivity index (χ1v) is 4.52. The van der Waals surface area contributed by atoms with Crippen molar-refractivity contribution < 1.29 is 4.79 Å². The number of nitrogen functional groups attached to an aromatic ring is 1. The third-order valence-corrected chi connectivity index (χ3v) is 2.12. The van der Waals surface area contributed by atoms with Crippen LogP contribution in [0, 0.1) is 0 Å². The molecule has 1 amide bonds. The van der Waals surface area contributed by atoms with E-state index in [1.807, 2.05) is 0 Å². The number of anilines is 1. The van der Waals surface area contributed by atoms with E-state index in [1.54, 1.807) is 0 Å². The smallest absolute Gasteiger partial charge is 0.258 e. The summed E-state index contributed by atoms with van der Waals surface area (Å²) in [6.45, 7) is 0. The second-order valence-corrected chi connectivity index (χ2v) is 3.32. The molecule has 2 aromatic rings. The summed E-state index contributed by atoms with van der Waals surface area (Å²) in [4.78, 5) is 15.5. The monoisotopic (exact) mass is 225 g/mol. The van der Waals surface area contributed by atoms with Crippen LogP contribution in [0.1, 0.15) is 10.4 Å². The Morgan fingerprint density at radius 2 is 2.40 bits per heavy atom. The maximum Gasteiger partial charge on any atom is 0.258 e. The molecule has 0 aliphatic rings. The zero-order valence-corrected chi connectivity index (χ0v) is 8.62. The van der Waals surface area contributed by atoms with Crippen molar-refractivity contribution in [1.29, 1.82) is 0 Å². The van der Waals surface area contributed by atoms with Gasteiger partial charge < -0.3 is 11.1 Å². The number of carbonyl (C=O) groups excluding carboxylic acids is 1. The number of fused-ring (bicyclic) bond motifs is 1. The topological polar surface area (TPSA) is 85.3 Å². The number of carbonyl (C=O) groups is 1. The number of hydrogen-bond donors (Lipinski definition) is 2. The minimum Gasteiger partial charge on any atom is -0.381 e. The Hall–Kier alpha value is -1.82. The van der Waals surface area contributed by atoms with E-state index in [1.165, 1.54) is 24.0 Å². The highest BCUT2D eigenvalue weighted by Crippen LogP contribution is 2.17. The first kappa shape index (κ1) is 9.72. The predicted molar refractivity (Wildman–Crippen MR) is 55.8 cm³/mol. The summed E-state index contributed by atoms with van der Waals surface area (Å²) in [5.41, 5.74) is 6.25. The first-order chi connectivity index (χ1) is 7.13. The fourth-order valence-electron chi connectivity index (χ4n) is 1.27. The Balaban J connectivity index is 2.73. The first-order valence-electron chi connectivity index (χ1n) is 4.15. The molecule has 2 aromatic heterocycles. The Morgan fingerprint density at radius 1 is 1.67 bits per heavy atom. The molecule has 0 aliphatic heterocycles. The lowest BCUT2D eigenvalue weighted by atomic mass is 10.3. The van der Waals surface area contributed by atoms with Crippen LogP contribution in [0.25, 0.3) is 5.65 Å². The van der Waals surface area contributed by atoms with Gasteiger partial charge in [0.15, 0.2) is 11.5 Å². The van der Waals surface area contributed by atoms with Crippen LogP contribution in [0.5, 0.6) is 0 Å². The zero-order valence-electron chi connectivity index (χ0n) is 7.86. The van der Waals surface area contributed by atoms with Gasteiger partial charge in [-0.1, -0.05) is 11.6 Å². The number of nitrogens with zero attached hydrogens (tertiary/aromatic N) is 3. The van der Waals surface area contributed by atoms with Gasteiger partial charge >= 0.3 is 0 Å². The molecule has 0 spiro atoms. The average Bonchev–Trinajstić information content (AvgIpc) is 2.52. The van der Waals surface area contributed by atoms with Crippen LogP contribution >= 0.6 is 11.6 Å². The van der Waals surface area contributed by atoms with Crippen LogP contribution in [0.3, 0.4) is 0 Å². The summed E-state index contributed by atoms with van der Waals surface area (Å²) in [7, 11) is 1.52. The van der Waals surface area contributed by atoms with Crippen LogP contribution in [0.2, 0.25) is 5.02 Å². The molecule has 15 heavy (non-hydrogen) atoms. The molecule has 78 valence electrons. The summed E-state index contributed by atoms with van der Waals surface area (Å²) in [5.74, 6) is -0.193. The summed E-state index contributed by atoms with van der Waals surface area (Å²) in [6.07, 6.45) is 2.97. The van der Waals surface area contributed by atoms with Gasteiger partial charge in [0.1, 0.15) is 5.56 Å². The van der Waals surface area contributed by atoms with Gasteiger partial charge in [0.05, 0.1) is 11.2 Å². The normalized spacial score (nSPS) is 10.5. The highest BCUT2D eigenvalue weighted by molar-refractivity contribution is 6.30. The SMILES string of the molecule is CNC(=O)c1c(N)nn2cc(Cl)cnc12. The molecule has 2 rings (SSSR count). The molecule has 0 bridgehead atoms. The van der Waals surface area contributed by atoms with Gasteiger partial charge in [0, 0.05) is 13.2 Å². The van der Waals surface area contributed by atoms with Crippen LogP contribution in [0.4, 0.5) is 5.82 Å². The fourth-order valence-corrected chi connectivity index (χ4v) is 1.41. The molecule has 0 atom stereocenters. The summed E-state index contributed by atoms with van der Waals surface area (Å²) < 4.78 is 1.38. The number of aromatic nitrogens is 3. The second-order valence-electron chi connectivity index (χ2n) is 2.88. The van der Waals surface area contributed by atoms with Crippen molar-refractivity contribution in [3.05, 3.63) is 23.0 Å². The van der Waals surface area contributed by atoms with Gasteiger partial charge in [-0.3, -0.25) is 4.79 Å². The molecule has 0 saturated heterocycles. The number of nitrogens with two attached hydrogens (primary N) is 1. The Kier molecular flexibility index (Phi) is 2.20. The molecule has 0 unspecified atom stereocenters. The van der Waals surface area contributed by atoms with Gasteiger partial charge in [-0.05, 0) is 0 Å². The summed E-state index contributed by atoms with van der Waals surface area (Å²) in [6, 6.07) is 0. The Morgan fingerprint density at radius 3 is 3.07 bits per heavy atom. The van der Waals surface area contributed by atoms with Crippen molar-refractivity contribution >= 4 is 29.0 Å². The van der Waals surface area contributed by atoms with E-state index in [0.29, 0.717) is 10.7 Å². The van der Waals surface area contributed by atoms with Gasteiger partial charge in [0.25, 0.3) is 5.91 Å². The minimum absolute atomic E-state index is 0.129. The molecule has 0 aromatic carbocycles. The van der Waals surface area contributed by atoms with Crippen molar-refractivity contribution in [3.8, 4) is 0 Å². The lowest BCUT2D eigenvalue weighted by molar-refractivity contribution is 0.0965. The highest BCUT2D eigenvalue weighted by atomic mass is 35.5. The maximum atomic E-state index is 11.5. The Labute approximate surface area is 90.0 Å². The average molecular weight is 226 g/mol. The van der Waals surface area contributed by atoms with Crippen molar-refractivity contribution in [1.82, 2.24) is 19.9 Å².